The number of carbonyl (C=O) groups excluding carboxylic acids is 1. The summed E-state index contributed by atoms with van der Waals surface area (Å²) >= 11 is 5.58. The van der Waals surface area contributed by atoms with E-state index in [0.29, 0.717) is 12.3 Å². The van der Waals surface area contributed by atoms with Gasteiger partial charge < -0.3 is 10.4 Å². The molecule has 2 rings (SSSR count). The number of benzene rings is 2. The molecule has 0 aromatic heterocycles. The average molecular weight is 278 g/mol. The Kier molecular flexibility index (Phi) is 4.63. The number of unbranched alkanes of at least 4 members (excludes halogenated alkanes) is 1. The van der Waals surface area contributed by atoms with Gasteiger partial charge in [0.25, 0.3) is 0 Å². The van der Waals surface area contributed by atoms with Gasteiger partial charge in [0, 0.05) is 28.8 Å². The Morgan fingerprint density at radius 3 is 2.63 bits per heavy atom. The maximum atomic E-state index is 11.8. The lowest BCUT2D eigenvalue weighted by Crippen LogP contribution is -2.11. The second kappa shape index (κ2) is 6.43. The van der Waals surface area contributed by atoms with Gasteiger partial charge in [0.15, 0.2) is 0 Å². The van der Waals surface area contributed by atoms with E-state index in [0.717, 1.165) is 29.3 Å². The minimum Gasteiger partial charge on any atom is -0.507 e. The fourth-order valence-corrected chi connectivity index (χ4v) is 2.18. The van der Waals surface area contributed by atoms with Gasteiger partial charge in [-0.1, -0.05) is 24.3 Å². The predicted molar refractivity (Wildman–Crippen MR) is 78.8 cm³/mol. The number of fused-ring (bicyclic) bond motifs is 1. The number of nitrogens with one attached hydrogen (secondary N) is 1. The number of phenolic OH excluding ortho intramolecular Hbond substituents is 1. The van der Waals surface area contributed by atoms with Gasteiger partial charge >= 0.3 is 0 Å². The molecule has 19 heavy (non-hydrogen) atoms. The predicted octanol–water partition coefficient (Wildman–Crippen LogP) is 3.89. The molecular formula is C15H16ClNO2. The summed E-state index contributed by atoms with van der Waals surface area (Å²) in [5, 5.41) is 14.2. The molecular weight excluding hydrogens is 262 g/mol. The third kappa shape index (κ3) is 3.38. The summed E-state index contributed by atoms with van der Waals surface area (Å²) in [6, 6.07) is 10.8. The topological polar surface area (TPSA) is 49.3 Å². The highest BCUT2D eigenvalue weighted by Crippen LogP contribution is 2.29. The molecule has 1 amide bonds. The van der Waals surface area contributed by atoms with Crippen LogP contribution in [0.25, 0.3) is 10.8 Å². The normalized spacial score (nSPS) is 10.6. The molecule has 2 N–H and O–H groups in total. The van der Waals surface area contributed by atoms with Crippen LogP contribution < -0.4 is 5.32 Å². The Bertz CT molecular complexity index is 583. The largest absolute Gasteiger partial charge is 0.507 e. The van der Waals surface area contributed by atoms with Gasteiger partial charge in [-0.25, -0.2) is 0 Å². The number of rotatable bonds is 5. The SMILES string of the molecule is O=C(CCCCCl)Nc1cccc2c(O)cccc12. The first kappa shape index (κ1) is 13.7. The van der Waals surface area contributed by atoms with Crippen molar-refractivity contribution < 1.29 is 9.90 Å². The Labute approximate surface area is 117 Å². The molecule has 4 heteroatoms. The fraction of sp³-hybridized carbons (Fsp3) is 0.267. The molecule has 0 aliphatic rings. The third-order valence-electron chi connectivity index (χ3n) is 2.96. The van der Waals surface area contributed by atoms with Gasteiger partial charge in [0.1, 0.15) is 5.75 Å². The highest BCUT2D eigenvalue weighted by atomic mass is 35.5. The first-order valence-electron chi connectivity index (χ1n) is 6.29. The van der Waals surface area contributed by atoms with Crippen molar-refractivity contribution in [3.8, 4) is 5.75 Å². The number of hydrogen-bond donors (Lipinski definition) is 2. The maximum Gasteiger partial charge on any atom is 0.224 e. The van der Waals surface area contributed by atoms with E-state index < -0.39 is 0 Å². The Balaban J connectivity index is 2.17. The molecule has 0 aliphatic heterocycles. The molecule has 3 nitrogen and oxygen atoms in total. The van der Waals surface area contributed by atoms with Crippen LogP contribution in [0.1, 0.15) is 19.3 Å². The van der Waals surface area contributed by atoms with Crippen molar-refractivity contribution in [2.45, 2.75) is 19.3 Å². The van der Waals surface area contributed by atoms with E-state index in [9.17, 15) is 9.90 Å². The molecule has 2 aromatic carbocycles. The van der Waals surface area contributed by atoms with Gasteiger partial charge in [-0.2, -0.15) is 0 Å². The molecule has 2 aromatic rings. The number of carbonyl (C=O) groups is 1. The van der Waals surface area contributed by atoms with Crippen LogP contribution in [-0.2, 0) is 4.79 Å². The third-order valence-corrected chi connectivity index (χ3v) is 3.23. The standard InChI is InChI=1S/C15H16ClNO2/c16-10-2-1-9-15(19)17-13-7-3-6-12-11(13)5-4-8-14(12)18/h3-8,18H,1-2,9-10H2,(H,17,19). The molecule has 0 aliphatic carbocycles. The summed E-state index contributed by atoms with van der Waals surface area (Å²) in [4.78, 5) is 11.8. The highest BCUT2D eigenvalue weighted by molar-refractivity contribution is 6.17. The number of amides is 1. The quantitative estimate of drug-likeness (QED) is 0.643. The van der Waals surface area contributed by atoms with Gasteiger partial charge in [-0.15, -0.1) is 11.6 Å². The summed E-state index contributed by atoms with van der Waals surface area (Å²) in [6.45, 7) is 0. The molecule has 0 bridgehead atoms. The first-order chi connectivity index (χ1) is 9.22. The van der Waals surface area contributed by atoms with E-state index in [1.54, 1.807) is 12.1 Å². The van der Waals surface area contributed by atoms with Gasteiger partial charge in [0.2, 0.25) is 5.91 Å². The minimum atomic E-state index is -0.0269. The number of phenols is 1. The van der Waals surface area contributed by atoms with Crippen molar-refractivity contribution in [3.63, 3.8) is 0 Å². The molecule has 100 valence electrons. The second-order valence-electron chi connectivity index (χ2n) is 4.37. The van der Waals surface area contributed by atoms with Gasteiger partial charge in [0.05, 0.1) is 0 Å². The molecule has 0 saturated heterocycles. The molecule has 0 radical (unpaired) electrons. The van der Waals surface area contributed by atoms with Crippen LogP contribution in [0.4, 0.5) is 5.69 Å². The van der Waals surface area contributed by atoms with Gasteiger partial charge in [-0.05, 0) is 25.0 Å². The van der Waals surface area contributed by atoms with E-state index in [1.165, 1.54) is 0 Å². The molecule has 0 unspecified atom stereocenters. The van der Waals surface area contributed by atoms with E-state index in [2.05, 4.69) is 5.32 Å². The van der Waals surface area contributed by atoms with E-state index in [-0.39, 0.29) is 11.7 Å². The van der Waals surface area contributed by atoms with E-state index in [4.69, 9.17) is 11.6 Å². The molecule has 0 heterocycles. The summed E-state index contributed by atoms with van der Waals surface area (Å²) in [5.74, 6) is 0.770. The fourth-order valence-electron chi connectivity index (χ4n) is 2.00. The van der Waals surface area contributed by atoms with Crippen molar-refractivity contribution >= 4 is 34.0 Å². The zero-order valence-electron chi connectivity index (χ0n) is 10.5. The van der Waals surface area contributed by atoms with Crippen molar-refractivity contribution in [3.05, 3.63) is 36.4 Å². The van der Waals surface area contributed by atoms with Crippen molar-refractivity contribution in [1.29, 1.82) is 0 Å². The lowest BCUT2D eigenvalue weighted by Gasteiger charge is -2.09. The number of alkyl halides is 1. The monoisotopic (exact) mass is 277 g/mol. The van der Waals surface area contributed by atoms with Crippen molar-refractivity contribution in [2.24, 2.45) is 0 Å². The lowest BCUT2D eigenvalue weighted by molar-refractivity contribution is -0.116. The summed E-state index contributed by atoms with van der Waals surface area (Å²) in [5.41, 5.74) is 0.726. The average Bonchev–Trinajstić information content (AvgIpc) is 2.40. The van der Waals surface area contributed by atoms with Crippen LogP contribution >= 0.6 is 11.6 Å². The van der Waals surface area contributed by atoms with E-state index in [1.807, 2.05) is 24.3 Å². The minimum absolute atomic E-state index is 0.0269. The molecule has 0 atom stereocenters. The summed E-state index contributed by atoms with van der Waals surface area (Å²) in [7, 11) is 0. The van der Waals surface area contributed by atoms with Crippen LogP contribution in [0.15, 0.2) is 36.4 Å². The maximum absolute atomic E-state index is 11.8. The van der Waals surface area contributed by atoms with Crippen LogP contribution in [-0.4, -0.2) is 16.9 Å². The van der Waals surface area contributed by atoms with Gasteiger partial charge in [-0.3, -0.25) is 4.79 Å². The molecule has 0 fully saturated rings. The summed E-state index contributed by atoms with van der Waals surface area (Å²) in [6.07, 6.45) is 2.08. The van der Waals surface area contributed by atoms with Crippen molar-refractivity contribution in [2.75, 3.05) is 11.2 Å². The zero-order valence-corrected chi connectivity index (χ0v) is 11.3. The number of hydrogen-bond acceptors (Lipinski definition) is 2. The van der Waals surface area contributed by atoms with Crippen LogP contribution in [0.3, 0.4) is 0 Å². The first-order valence-corrected chi connectivity index (χ1v) is 6.82. The highest BCUT2D eigenvalue weighted by Gasteiger charge is 2.07. The lowest BCUT2D eigenvalue weighted by atomic mass is 10.1. The van der Waals surface area contributed by atoms with Crippen LogP contribution in [0.2, 0.25) is 0 Å². The Morgan fingerprint density at radius 1 is 1.11 bits per heavy atom. The molecule has 0 saturated carbocycles. The number of anilines is 1. The Hall–Kier alpha value is -1.74. The van der Waals surface area contributed by atoms with Crippen LogP contribution in [0.5, 0.6) is 5.75 Å². The Morgan fingerprint density at radius 2 is 1.84 bits per heavy atom. The smallest absolute Gasteiger partial charge is 0.224 e. The van der Waals surface area contributed by atoms with E-state index >= 15 is 0 Å². The molecule has 0 spiro atoms. The van der Waals surface area contributed by atoms with Crippen LogP contribution in [0, 0.1) is 0 Å². The summed E-state index contributed by atoms with van der Waals surface area (Å²) < 4.78 is 0. The zero-order chi connectivity index (χ0) is 13.7. The second-order valence-corrected chi connectivity index (χ2v) is 4.75. The van der Waals surface area contributed by atoms with Crippen molar-refractivity contribution in [1.82, 2.24) is 0 Å². The number of halogens is 1. The number of aromatic hydroxyl groups is 1.